The molecule has 5 heterocycles. The van der Waals surface area contributed by atoms with Gasteiger partial charge in [0.15, 0.2) is 23.0 Å². The van der Waals surface area contributed by atoms with E-state index in [1.54, 1.807) is 64.2 Å². The molecule has 6 amide bonds. The third-order valence-electron chi connectivity index (χ3n) is 18.0. The van der Waals surface area contributed by atoms with Crippen LogP contribution in [0, 0.1) is 36.4 Å². The molecule has 2 aromatic heterocycles. The van der Waals surface area contributed by atoms with Gasteiger partial charge in [-0.2, -0.15) is 0 Å². The first kappa shape index (κ1) is 65.5. The van der Waals surface area contributed by atoms with Crippen molar-refractivity contribution in [3.8, 4) is 11.4 Å². The average molecular weight is 1230 g/mol. The van der Waals surface area contributed by atoms with Crippen molar-refractivity contribution in [3.05, 3.63) is 97.6 Å². The number of likely N-dealkylation sites (tertiary alicyclic amines) is 1. The Hall–Kier alpha value is -7.93. The number of aromatic nitrogens is 2. The van der Waals surface area contributed by atoms with Crippen LogP contribution in [0.1, 0.15) is 129 Å². The fourth-order valence-electron chi connectivity index (χ4n) is 12.8. The number of aliphatic hydroxyl groups is 1. The topological polar surface area (TPSA) is 305 Å². The van der Waals surface area contributed by atoms with Crippen LogP contribution in [0.4, 0.5) is 4.39 Å². The van der Waals surface area contributed by atoms with Gasteiger partial charge in [0, 0.05) is 92.6 Å². The Labute approximate surface area is 514 Å². The average Bonchev–Trinajstić information content (AvgIpc) is 1.67. The zero-order valence-corrected chi connectivity index (χ0v) is 50.8. The number of benzene rings is 2. The number of nitrogens with zero attached hydrogens (tertiary/aromatic N) is 4. The molecule has 0 radical (unpaired) electrons. The molecule has 0 spiro atoms. The highest BCUT2D eigenvalue weighted by atomic mass is 19.1. The first-order valence-corrected chi connectivity index (χ1v) is 30.7. The molecule has 4 aromatic rings. The highest BCUT2D eigenvalue weighted by Gasteiger charge is 2.46. The summed E-state index contributed by atoms with van der Waals surface area (Å²) in [7, 11) is 1.62. The number of hydrogen-bond donors (Lipinski definition) is 4. The van der Waals surface area contributed by atoms with E-state index >= 15 is 4.39 Å². The second-order valence-corrected chi connectivity index (χ2v) is 24.0. The van der Waals surface area contributed by atoms with Crippen LogP contribution in [0.25, 0.3) is 22.3 Å². The van der Waals surface area contributed by atoms with Crippen molar-refractivity contribution in [2.24, 2.45) is 23.7 Å². The van der Waals surface area contributed by atoms with Crippen LogP contribution in [0.2, 0.25) is 0 Å². The fraction of sp³-hybridized carbons (Fsp3) is 0.538. The molecule has 9 rings (SSSR count). The van der Waals surface area contributed by atoms with Crippen LogP contribution in [0.5, 0.6) is 0 Å². The van der Waals surface area contributed by atoms with Crippen LogP contribution < -0.4 is 21.5 Å². The van der Waals surface area contributed by atoms with E-state index in [0.29, 0.717) is 77.8 Å². The number of Topliss-reactive ketones (excluding diaryl/α,β-unsaturated/α-hetero) is 3. The predicted molar refractivity (Wildman–Crippen MR) is 318 cm³/mol. The number of ether oxygens (including phenoxy) is 4. The molecule has 0 bridgehead atoms. The molecule has 4 atom stereocenters. The third kappa shape index (κ3) is 15.1. The minimum Gasteiger partial charge on any atom is -0.458 e. The summed E-state index contributed by atoms with van der Waals surface area (Å²) < 4.78 is 38.9. The summed E-state index contributed by atoms with van der Waals surface area (Å²) in [6, 6.07) is 11.3. The van der Waals surface area contributed by atoms with Crippen LogP contribution in [0.15, 0.2) is 47.3 Å². The van der Waals surface area contributed by atoms with Gasteiger partial charge in [0.1, 0.15) is 25.6 Å². The molecule has 3 aliphatic heterocycles. The molecule has 24 heteroatoms. The SMILES string of the molecule is CC[C@@]1(O)C(=O)OCc2c1cc1n(c2=O)Cc2c-1nc1cc(F)c(C)c3c1c2[C@@H](N(C)C(=O)COCCC(=O)CNC(=O)[C@@H](CC(=O)CNC(=O)CCC(=O)COCCOCCNC(=O)C1CCC(CN2C(=O)CC(C)C2=O)CC1)Cc1ccccc1)CC3. The van der Waals surface area contributed by atoms with Crippen molar-refractivity contribution in [2.75, 3.05) is 72.9 Å². The summed E-state index contributed by atoms with van der Waals surface area (Å²) in [6.07, 6.45) is 3.37. The number of imide groups is 1. The molecule has 23 nitrogen and oxygen atoms in total. The Morgan fingerprint density at radius 3 is 2.30 bits per heavy atom. The Morgan fingerprint density at radius 2 is 1.57 bits per heavy atom. The smallest absolute Gasteiger partial charge is 0.343 e. The van der Waals surface area contributed by atoms with Crippen LogP contribution in [-0.2, 0) is 98.5 Å². The molecular formula is C65H78FN7O16. The summed E-state index contributed by atoms with van der Waals surface area (Å²) in [5.41, 5.74) is 2.13. The third-order valence-corrected chi connectivity index (χ3v) is 18.0. The molecule has 2 aromatic carbocycles. The number of cyclic esters (lactones) is 1. The quantitative estimate of drug-likeness (QED) is 0.0289. The molecule has 1 saturated carbocycles. The van der Waals surface area contributed by atoms with Gasteiger partial charge in [-0.05, 0) is 92.5 Å². The largest absolute Gasteiger partial charge is 0.458 e. The summed E-state index contributed by atoms with van der Waals surface area (Å²) in [5, 5.41) is 20.1. The predicted octanol–water partition coefficient (Wildman–Crippen LogP) is 3.70. The minimum absolute atomic E-state index is 0.0460. The van der Waals surface area contributed by atoms with Crippen molar-refractivity contribution in [2.45, 2.75) is 129 Å². The number of halogens is 1. The number of fused-ring (bicyclic) bond motifs is 5. The number of esters is 1. The molecule has 476 valence electrons. The number of likely N-dealkylation sites (N-methyl/N-ethyl adjacent to an activating group) is 1. The van der Waals surface area contributed by atoms with Gasteiger partial charge < -0.3 is 49.5 Å². The van der Waals surface area contributed by atoms with Crippen molar-refractivity contribution < 1.29 is 76.4 Å². The number of carbonyl (C=O) groups is 10. The highest BCUT2D eigenvalue weighted by Crippen LogP contribution is 2.47. The number of aryl methyl sites for hydroxylation is 1. The normalized spacial score (nSPS) is 20.3. The number of amides is 6. The van der Waals surface area contributed by atoms with Gasteiger partial charge >= 0.3 is 5.97 Å². The van der Waals surface area contributed by atoms with E-state index in [1.165, 1.54) is 20.4 Å². The molecule has 4 N–H and O–H groups in total. The van der Waals surface area contributed by atoms with E-state index in [2.05, 4.69) is 16.0 Å². The van der Waals surface area contributed by atoms with Gasteiger partial charge in [-0.3, -0.25) is 52.8 Å². The van der Waals surface area contributed by atoms with Crippen molar-refractivity contribution in [1.29, 1.82) is 0 Å². The van der Waals surface area contributed by atoms with Gasteiger partial charge in [-0.25, -0.2) is 14.2 Å². The standard InChI is InChI=1S/C65H78FN7O16/c1-5-65(85)49-28-53-59-47(33-72(53)63(83)48(49)35-89-64(65)84)58-52(17-16-46-38(3)50(66)29-51(70-59)57(46)58)71(4)56(79)36-87-21-19-43(74)30-69-61(81)42(26-39-9-7-6-8-10-39)27-45(76)31-68-54(77)18-15-44(75)34-88-24-23-86-22-20-67-60(80)41-13-11-40(12-14-41)32-73-55(78)25-37(2)62(73)82/h6-10,28-29,37,40-42,52,85H,5,11-27,30-36H2,1-4H3,(H,67,80)(H,68,77)(H,69,81)/t37?,40?,41?,42-,52+,65+/m1/s1. The lowest BCUT2D eigenvalue weighted by Crippen LogP contribution is -2.44. The minimum atomic E-state index is -2.05. The van der Waals surface area contributed by atoms with Gasteiger partial charge in [0.05, 0.1) is 74.6 Å². The summed E-state index contributed by atoms with van der Waals surface area (Å²) >= 11 is 0. The lowest BCUT2D eigenvalue weighted by Gasteiger charge is -2.35. The number of ketones is 3. The van der Waals surface area contributed by atoms with E-state index in [-0.39, 0.29) is 157 Å². The van der Waals surface area contributed by atoms with Crippen LogP contribution in [-0.4, -0.2) is 156 Å². The molecule has 2 aliphatic carbocycles. The zero-order valence-electron chi connectivity index (χ0n) is 50.8. The molecule has 5 aliphatic rings. The Kier molecular flexibility index (Phi) is 21.5. The fourth-order valence-corrected chi connectivity index (χ4v) is 12.8. The monoisotopic (exact) mass is 1230 g/mol. The maximum absolute atomic E-state index is 15.5. The number of rotatable bonds is 30. The maximum Gasteiger partial charge on any atom is 0.343 e. The number of hydrogen-bond acceptors (Lipinski definition) is 17. The summed E-state index contributed by atoms with van der Waals surface area (Å²) in [5.74, 6) is -5.41. The van der Waals surface area contributed by atoms with E-state index in [1.807, 2.05) is 0 Å². The van der Waals surface area contributed by atoms with E-state index in [4.69, 9.17) is 23.9 Å². The Bertz CT molecular complexity index is 3490. The summed E-state index contributed by atoms with van der Waals surface area (Å²) in [6.45, 7) is 4.49. The van der Waals surface area contributed by atoms with Crippen LogP contribution >= 0.6 is 0 Å². The van der Waals surface area contributed by atoms with Gasteiger partial charge in [0.25, 0.3) is 5.56 Å². The van der Waals surface area contributed by atoms with Gasteiger partial charge in [-0.1, -0.05) is 44.2 Å². The van der Waals surface area contributed by atoms with Crippen molar-refractivity contribution in [3.63, 3.8) is 0 Å². The summed E-state index contributed by atoms with van der Waals surface area (Å²) in [4.78, 5) is 151. The second-order valence-electron chi connectivity index (χ2n) is 24.0. The first-order chi connectivity index (χ1) is 42.7. The molecule has 2 fully saturated rings. The zero-order chi connectivity index (χ0) is 63.7. The van der Waals surface area contributed by atoms with Crippen LogP contribution in [0.3, 0.4) is 0 Å². The number of nitrogens with one attached hydrogen (secondary N) is 3. The Morgan fingerprint density at radius 1 is 0.843 bits per heavy atom. The first-order valence-electron chi connectivity index (χ1n) is 30.7. The van der Waals surface area contributed by atoms with Crippen molar-refractivity contribution in [1.82, 2.24) is 35.3 Å². The van der Waals surface area contributed by atoms with Gasteiger partial charge in [0.2, 0.25) is 35.4 Å². The van der Waals surface area contributed by atoms with E-state index < -0.39 is 70.8 Å². The van der Waals surface area contributed by atoms with Gasteiger partial charge in [-0.15, -0.1) is 0 Å². The number of pyridine rings is 2. The molecule has 1 unspecified atom stereocenters. The van der Waals surface area contributed by atoms with Crippen molar-refractivity contribution >= 4 is 69.7 Å². The Balaban J connectivity index is 0.670. The lowest BCUT2D eigenvalue weighted by molar-refractivity contribution is -0.172. The van der Waals surface area contributed by atoms with E-state index in [9.17, 15) is 57.8 Å². The molecule has 89 heavy (non-hydrogen) atoms. The second kappa shape index (κ2) is 29.1. The lowest BCUT2D eigenvalue weighted by atomic mass is 9.81. The highest BCUT2D eigenvalue weighted by molar-refractivity contribution is 6.03. The number of carbonyl (C=O) groups excluding carboxylic acids is 10. The maximum atomic E-state index is 15.5. The van der Waals surface area contributed by atoms with E-state index in [0.717, 1.165) is 24.0 Å². The molecule has 1 saturated heterocycles. The molecular weight excluding hydrogens is 1150 g/mol.